The zero-order valence-electron chi connectivity index (χ0n) is 10.6. The highest BCUT2D eigenvalue weighted by atomic mass is 35.5. The maximum absolute atomic E-state index is 12.9. The molecular formula is C14H18Cl2FNO. The van der Waals surface area contributed by atoms with E-state index < -0.39 is 0 Å². The third-order valence-electron chi connectivity index (χ3n) is 3.94. The van der Waals surface area contributed by atoms with E-state index in [2.05, 4.69) is 5.32 Å². The fourth-order valence-electron chi connectivity index (χ4n) is 3.11. The fourth-order valence-corrected chi connectivity index (χ4v) is 3.33. The van der Waals surface area contributed by atoms with Crippen LogP contribution in [0.4, 0.5) is 4.39 Å². The molecule has 2 unspecified atom stereocenters. The van der Waals surface area contributed by atoms with Gasteiger partial charge >= 0.3 is 0 Å². The number of hydrogen-bond acceptors (Lipinski definition) is 2. The first kappa shape index (κ1) is 14.9. The van der Waals surface area contributed by atoms with Crippen molar-refractivity contribution in [1.29, 1.82) is 0 Å². The molecule has 19 heavy (non-hydrogen) atoms. The van der Waals surface area contributed by atoms with Gasteiger partial charge in [0, 0.05) is 12.1 Å². The number of benzene rings is 1. The SMILES string of the molecule is Cl.Fc1ccc(OCC2CC3CCC(C2)N3)c(Cl)c1. The van der Waals surface area contributed by atoms with Gasteiger partial charge in [0.05, 0.1) is 11.6 Å². The summed E-state index contributed by atoms with van der Waals surface area (Å²) in [5, 5.41) is 3.96. The third kappa shape index (κ3) is 3.53. The van der Waals surface area contributed by atoms with Gasteiger partial charge in [-0.1, -0.05) is 11.6 Å². The molecule has 0 radical (unpaired) electrons. The van der Waals surface area contributed by atoms with E-state index in [9.17, 15) is 4.39 Å². The molecule has 0 amide bonds. The number of halogens is 3. The number of ether oxygens (including phenoxy) is 1. The molecule has 2 saturated heterocycles. The summed E-state index contributed by atoms with van der Waals surface area (Å²) in [6.07, 6.45) is 4.93. The Bertz CT molecular complexity index is 431. The largest absolute Gasteiger partial charge is 0.492 e. The minimum Gasteiger partial charge on any atom is -0.492 e. The van der Waals surface area contributed by atoms with E-state index in [4.69, 9.17) is 16.3 Å². The molecule has 3 rings (SSSR count). The number of nitrogens with one attached hydrogen (secondary N) is 1. The maximum Gasteiger partial charge on any atom is 0.138 e. The van der Waals surface area contributed by atoms with Gasteiger partial charge in [0.1, 0.15) is 11.6 Å². The van der Waals surface area contributed by atoms with Crippen LogP contribution in [0, 0.1) is 11.7 Å². The molecule has 2 nitrogen and oxygen atoms in total. The lowest BCUT2D eigenvalue weighted by Gasteiger charge is -2.29. The van der Waals surface area contributed by atoms with Gasteiger partial charge in [0.25, 0.3) is 0 Å². The van der Waals surface area contributed by atoms with Crippen LogP contribution < -0.4 is 10.1 Å². The van der Waals surface area contributed by atoms with Crippen molar-refractivity contribution in [3.05, 3.63) is 29.0 Å². The lowest BCUT2D eigenvalue weighted by molar-refractivity contribution is 0.190. The van der Waals surface area contributed by atoms with Gasteiger partial charge in [-0.15, -0.1) is 12.4 Å². The van der Waals surface area contributed by atoms with Crippen LogP contribution in [0.2, 0.25) is 5.02 Å². The molecule has 1 aromatic carbocycles. The van der Waals surface area contributed by atoms with Crippen molar-refractivity contribution in [1.82, 2.24) is 5.32 Å². The Morgan fingerprint density at radius 2 is 1.95 bits per heavy atom. The first-order valence-electron chi connectivity index (χ1n) is 6.54. The molecule has 0 aliphatic carbocycles. The van der Waals surface area contributed by atoms with Gasteiger partial charge in [-0.25, -0.2) is 4.39 Å². The van der Waals surface area contributed by atoms with Gasteiger partial charge in [-0.3, -0.25) is 0 Å². The standard InChI is InChI=1S/C14H17ClFNO.ClH/c15-13-7-10(16)1-4-14(13)18-8-9-5-11-2-3-12(6-9)17-11;/h1,4,7,9,11-12,17H,2-3,5-6,8H2;1H. The summed E-state index contributed by atoms with van der Waals surface area (Å²) in [5.74, 6) is 0.848. The predicted molar refractivity (Wildman–Crippen MR) is 76.8 cm³/mol. The molecule has 5 heteroatoms. The monoisotopic (exact) mass is 305 g/mol. The van der Waals surface area contributed by atoms with Crippen LogP contribution >= 0.6 is 24.0 Å². The zero-order chi connectivity index (χ0) is 12.5. The molecule has 2 aliphatic rings. The second kappa shape index (κ2) is 6.29. The lowest BCUT2D eigenvalue weighted by atomic mass is 9.93. The van der Waals surface area contributed by atoms with Crippen LogP contribution in [0.15, 0.2) is 18.2 Å². The Labute approximate surface area is 124 Å². The molecule has 0 aromatic heterocycles. The summed E-state index contributed by atoms with van der Waals surface area (Å²) in [4.78, 5) is 0. The number of rotatable bonds is 3. The second-order valence-electron chi connectivity index (χ2n) is 5.36. The molecule has 2 heterocycles. The van der Waals surface area contributed by atoms with Crippen LogP contribution in [0.5, 0.6) is 5.75 Å². The van der Waals surface area contributed by atoms with E-state index in [0.29, 0.717) is 35.4 Å². The number of piperidine rings is 1. The molecular weight excluding hydrogens is 288 g/mol. The quantitative estimate of drug-likeness (QED) is 0.917. The lowest BCUT2D eigenvalue weighted by Crippen LogP contribution is -2.39. The second-order valence-corrected chi connectivity index (χ2v) is 5.77. The Balaban J connectivity index is 0.00000133. The fraction of sp³-hybridized carbons (Fsp3) is 0.571. The van der Waals surface area contributed by atoms with E-state index in [1.165, 1.54) is 37.8 Å². The van der Waals surface area contributed by atoms with Gasteiger partial charge < -0.3 is 10.1 Å². The molecule has 0 saturated carbocycles. The smallest absolute Gasteiger partial charge is 0.138 e. The van der Waals surface area contributed by atoms with Crippen LogP contribution in [-0.4, -0.2) is 18.7 Å². The highest BCUT2D eigenvalue weighted by Crippen LogP contribution is 2.32. The number of hydrogen-bond donors (Lipinski definition) is 1. The molecule has 1 N–H and O–H groups in total. The van der Waals surface area contributed by atoms with Gasteiger partial charge in [0.15, 0.2) is 0 Å². The minimum absolute atomic E-state index is 0. The summed E-state index contributed by atoms with van der Waals surface area (Å²) in [7, 11) is 0. The average Bonchev–Trinajstić information content (AvgIpc) is 2.68. The topological polar surface area (TPSA) is 21.3 Å². The average molecular weight is 306 g/mol. The van der Waals surface area contributed by atoms with Crippen molar-refractivity contribution < 1.29 is 9.13 Å². The highest BCUT2D eigenvalue weighted by Gasteiger charge is 2.33. The Morgan fingerprint density at radius 3 is 2.58 bits per heavy atom. The molecule has 2 aliphatic heterocycles. The van der Waals surface area contributed by atoms with E-state index in [1.54, 1.807) is 6.07 Å². The van der Waals surface area contributed by atoms with E-state index >= 15 is 0 Å². The van der Waals surface area contributed by atoms with Crippen LogP contribution in [0.25, 0.3) is 0 Å². The normalized spacial score (nSPS) is 28.8. The molecule has 106 valence electrons. The summed E-state index contributed by atoms with van der Waals surface area (Å²) >= 11 is 5.94. The van der Waals surface area contributed by atoms with Crippen LogP contribution in [0.3, 0.4) is 0 Å². The van der Waals surface area contributed by atoms with Crippen LogP contribution in [0.1, 0.15) is 25.7 Å². The van der Waals surface area contributed by atoms with Crippen molar-refractivity contribution in [3.8, 4) is 5.75 Å². The van der Waals surface area contributed by atoms with Crippen molar-refractivity contribution in [2.75, 3.05) is 6.61 Å². The summed E-state index contributed by atoms with van der Waals surface area (Å²) < 4.78 is 18.6. The molecule has 2 fully saturated rings. The van der Waals surface area contributed by atoms with Crippen molar-refractivity contribution in [3.63, 3.8) is 0 Å². The van der Waals surface area contributed by atoms with E-state index in [0.717, 1.165) is 0 Å². The first-order chi connectivity index (χ1) is 8.70. The van der Waals surface area contributed by atoms with Crippen molar-refractivity contribution >= 4 is 24.0 Å². The van der Waals surface area contributed by atoms with Crippen molar-refractivity contribution in [2.24, 2.45) is 5.92 Å². The van der Waals surface area contributed by atoms with E-state index in [1.807, 2.05) is 0 Å². The molecule has 1 aromatic rings. The van der Waals surface area contributed by atoms with Gasteiger partial charge in [-0.2, -0.15) is 0 Å². The summed E-state index contributed by atoms with van der Waals surface area (Å²) in [5.41, 5.74) is 0. The Morgan fingerprint density at radius 1 is 1.26 bits per heavy atom. The predicted octanol–water partition coefficient (Wildman–Crippen LogP) is 3.81. The summed E-state index contributed by atoms with van der Waals surface area (Å²) in [6.45, 7) is 0.681. The first-order valence-corrected chi connectivity index (χ1v) is 6.92. The molecule has 0 spiro atoms. The zero-order valence-corrected chi connectivity index (χ0v) is 12.1. The highest BCUT2D eigenvalue weighted by molar-refractivity contribution is 6.32. The maximum atomic E-state index is 12.9. The molecule has 2 atom stereocenters. The van der Waals surface area contributed by atoms with Gasteiger partial charge in [0.2, 0.25) is 0 Å². The third-order valence-corrected chi connectivity index (χ3v) is 4.23. The van der Waals surface area contributed by atoms with E-state index in [-0.39, 0.29) is 18.2 Å². The summed E-state index contributed by atoms with van der Waals surface area (Å²) in [6, 6.07) is 5.62. The van der Waals surface area contributed by atoms with Crippen LogP contribution in [-0.2, 0) is 0 Å². The Hall–Kier alpha value is -0.510. The minimum atomic E-state index is -0.327. The number of fused-ring (bicyclic) bond motifs is 2. The van der Waals surface area contributed by atoms with Crippen molar-refractivity contribution in [2.45, 2.75) is 37.8 Å². The molecule has 2 bridgehead atoms. The van der Waals surface area contributed by atoms with Gasteiger partial charge in [-0.05, 0) is 49.8 Å². The Kier molecular flexibility index (Phi) is 4.93.